The van der Waals surface area contributed by atoms with Gasteiger partial charge in [0.2, 0.25) is 10.0 Å². The predicted molar refractivity (Wildman–Crippen MR) is 93.9 cm³/mol. The number of rotatable bonds is 2. The highest BCUT2D eigenvalue weighted by Gasteiger charge is 2.50. The fourth-order valence-electron chi connectivity index (χ4n) is 4.22. The molecule has 0 radical (unpaired) electrons. The van der Waals surface area contributed by atoms with Crippen molar-refractivity contribution in [2.75, 3.05) is 25.9 Å². The van der Waals surface area contributed by atoms with Crippen LogP contribution in [-0.4, -0.2) is 69.2 Å². The van der Waals surface area contributed by atoms with E-state index in [0.29, 0.717) is 44.5 Å². The molecule has 4 rings (SSSR count). The van der Waals surface area contributed by atoms with Gasteiger partial charge in [-0.1, -0.05) is 0 Å². The second-order valence-electron chi connectivity index (χ2n) is 7.04. The van der Waals surface area contributed by atoms with Gasteiger partial charge in [0, 0.05) is 45.0 Å². The Morgan fingerprint density at radius 2 is 2.00 bits per heavy atom. The van der Waals surface area contributed by atoms with Crippen LogP contribution in [0.4, 0.5) is 0 Å². The van der Waals surface area contributed by atoms with E-state index in [2.05, 4.69) is 15.1 Å². The third-order valence-corrected chi connectivity index (χ3v) is 6.76. The van der Waals surface area contributed by atoms with E-state index in [4.69, 9.17) is 0 Å². The van der Waals surface area contributed by atoms with Crippen LogP contribution in [0, 0.1) is 0 Å². The number of hydrogen-bond donors (Lipinski definition) is 1. The number of aromatic nitrogens is 4. The number of carbonyl (C=O) groups excluding carboxylic acids is 1. The van der Waals surface area contributed by atoms with Crippen molar-refractivity contribution < 1.29 is 13.2 Å². The van der Waals surface area contributed by atoms with Crippen LogP contribution in [0.2, 0.25) is 0 Å². The lowest BCUT2D eigenvalue weighted by atomic mass is 9.80. The van der Waals surface area contributed by atoms with Gasteiger partial charge in [0.25, 0.3) is 5.91 Å². The third-order valence-electron chi connectivity index (χ3n) is 5.43. The Morgan fingerprint density at radius 1 is 1.27 bits per heavy atom. The zero-order valence-electron chi connectivity index (χ0n) is 14.8. The van der Waals surface area contributed by atoms with Gasteiger partial charge in [0.05, 0.1) is 35.6 Å². The summed E-state index contributed by atoms with van der Waals surface area (Å²) in [5, 5.41) is 4.05. The molecule has 1 amide bonds. The summed E-state index contributed by atoms with van der Waals surface area (Å²) in [7, 11) is -1.61. The molecule has 1 N–H and O–H groups in total. The van der Waals surface area contributed by atoms with E-state index in [9.17, 15) is 13.2 Å². The van der Waals surface area contributed by atoms with E-state index < -0.39 is 15.6 Å². The van der Waals surface area contributed by atoms with Crippen LogP contribution in [0.25, 0.3) is 0 Å². The predicted octanol–water partition coefficient (Wildman–Crippen LogP) is 0.0924. The Hall–Kier alpha value is -2.20. The fraction of sp³-hybridized carbons (Fsp3) is 0.562. The second kappa shape index (κ2) is 5.92. The Labute approximate surface area is 152 Å². The Bertz CT molecular complexity index is 939. The highest BCUT2D eigenvalue weighted by Crippen LogP contribution is 2.43. The van der Waals surface area contributed by atoms with Crippen LogP contribution >= 0.6 is 0 Å². The molecular weight excluding hydrogens is 356 g/mol. The second-order valence-corrected chi connectivity index (χ2v) is 8.95. The summed E-state index contributed by atoms with van der Waals surface area (Å²) in [6.45, 7) is 1.39. The minimum Gasteiger partial charge on any atom is -0.348 e. The molecule has 0 atom stereocenters. The van der Waals surface area contributed by atoms with E-state index in [1.54, 1.807) is 39.7 Å². The van der Waals surface area contributed by atoms with Crippen LogP contribution in [-0.2, 0) is 29.0 Å². The smallest absolute Gasteiger partial charge is 0.257 e. The molecule has 26 heavy (non-hydrogen) atoms. The molecule has 2 aliphatic heterocycles. The first-order chi connectivity index (χ1) is 12.3. The van der Waals surface area contributed by atoms with E-state index in [1.807, 2.05) is 0 Å². The molecule has 0 saturated carbocycles. The van der Waals surface area contributed by atoms with Crippen LogP contribution in [0.1, 0.15) is 34.6 Å². The lowest BCUT2D eigenvalue weighted by molar-refractivity contribution is 0.0463. The van der Waals surface area contributed by atoms with Gasteiger partial charge in [0.15, 0.2) is 0 Å². The molecule has 1 fully saturated rings. The van der Waals surface area contributed by atoms with E-state index >= 15 is 0 Å². The SMILES string of the molecule is Cn1cc(C(=O)N2CCC3(CC2)c2nc[nH]c2CCN3S(C)(=O)=O)cn1. The van der Waals surface area contributed by atoms with E-state index in [0.717, 1.165) is 11.4 Å². The Kier molecular flexibility index (Phi) is 3.92. The van der Waals surface area contributed by atoms with Crippen LogP contribution in [0.3, 0.4) is 0 Å². The summed E-state index contributed by atoms with van der Waals surface area (Å²) in [5.74, 6) is -0.0723. The standard InChI is InChI=1S/C16H22N6O3S/c1-20-10-12(9-19-20)15(23)21-7-4-16(5-8-21)14-13(17-11-18-14)3-6-22(16)26(2,24)25/h9-11H,3-8H2,1-2H3,(H,17,18). The van der Waals surface area contributed by atoms with Crippen molar-refractivity contribution in [1.29, 1.82) is 0 Å². The molecule has 10 heteroatoms. The quantitative estimate of drug-likeness (QED) is 0.798. The van der Waals surface area contributed by atoms with E-state index in [-0.39, 0.29) is 5.91 Å². The molecule has 0 unspecified atom stereocenters. The number of aromatic amines is 1. The number of imidazole rings is 1. The monoisotopic (exact) mass is 378 g/mol. The highest BCUT2D eigenvalue weighted by atomic mass is 32.2. The molecule has 0 aliphatic carbocycles. The fourth-order valence-corrected chi connectivity index (χ4v) is 5.55. The molecule has 9 nitrogen and oxygen atoms in total. The van der Waals surface area contributed by atoms with Gasteiger partial charge in [0.1, 0.15) is 0 Å². The molecule has 0 bridgehead atoms. The first-order valence-electron chi connectivity index (χ1n) is 8.60. The zero-order chi connectivity index (χ0) is 18.5. The summed E-state index contributed by atoms with van der Waals surface area (Å²) in [4.78, 5) is 22.0. The normalized spacial score (nSPS) is 20.3. The molecule has 2 aromatic rings. The number of sulfonamides is 1. The number of likely N-dealkylation sites (tertiary alicyclic amines) is 1. The summed E-state index contributed by atoms with van der Waals surface area (Å²) in [6.07, 6.45) is 7.82. The van der Waals surface area contributed by atoms with Gasteiger partial charge in [-0.3, -0.25) is 9.48 Å². The summed E-state index contributed by atoms with van der Waals surface area (Å²) in [5.41, 5.74) is 1.68. The zero-order valence-corrected chi connectivity index (χ0v) is 15.7. The van der Waals surface area contributed by atoms with Crippen molar-refractivity contribution in [3.63, 3.8) is 0 Å². The average Bonchev–Trinajstić information content (AvgIpc) is 3.23. The minimum atomic E-state index is -3.38. The number of amides is 1. The van der Waals surface area contributed by atoms with Crippen LogP contribution in [0.5, 0.6) is 0 Å². The molecule has 2 aliphatic rings. The maximum Gasteiger partial charge on any atom is 0.257 e. The largest absolute Gasteiger partial charge is 0.348 e. The van der Waals surface area contributed by atoms with Crippen molar-refractivity contribution in [1.82, 2.24) is 29.0 Å². The van der Waals surface area contributed by atoms with Gasteiger partial charge in [-0.15, -0.1) is 0 Å². The van der Waals surface area contributed by atoms with Gasteiger partial charge < -0.3 is 9.88 Å². The van der Waals surface area contributed by atoms with E-state index in [1.165, 1.54) is 6.26 Å². The molecule has 1 spiro atoms. The first-order valence-corrected chi connectivity index (χ1v) is 10.4. The first kappa shape index (κ1) is 17.2. The number of fused-ring (bicyclic) bond motifs is 2. The Balaban J connectivity index is 1.62. The van der Waals surface area contributed by atoms with Crippen LogP contribution < -0.4 is 0 Å². The van der Waals surface area contributed by atoms with Crippen molar-refractivity contribution in [2.24, 2.45) is 7.05 Å². The summed E-state index contributed by atoms with van der Waals surface area (Å²) < 4.78 is 28.0. The molecule has 2 aromatic heterocycles. The molecular formula is C16H22N6O3S. The maximum atomic E-state index is 12.7. The maximum absolute atomic E-state index is 12.7. The number of nitrogens with zero attached hydrogens (tertiary/aromatic N) is 5. The van der Waals surface area contributed by atoms with Gasteiger partial charge in [-0.25, -0.2) is 13.4 Å². The molecule has 140 valence electrons. The number of nitrogens with one attached hydrogen (secondary N) is 1. The molecule has 0 aromatic carbocycles. The number of carbonyl (C=O) groups is 1. The number of H-pyrrole nitrogens is 1. The third kappa shape index (κ3) is 2.64. The summed E-state index contributed by atoms with van der Waals surface area (Å²) in [6, 6.07) is 0. The number of hydrogen-bond acceptors (Lipinski definition) is 5. The topological polar surface area (TPSA) is 104 Å². The average molecular weight is 378 g/mol. The number of piperidine rings is 1. The Morgan fingerprint density at radius 3 is 2.62 bits per heavy atom. The van der Waals surface area contributed by atoms with Crippen molar-refractivity contribution in [3.05, 3.63) is 35.7 Å². The lowest BCUT2D eigenvalue weighted by Gasteiger charge is -2.49. The van der Waals surface area contributed by atoms with Crippen molar-refractivity contribution >= 4 is 15.9 Å². The van der Waals surface area contributed by atoms with Crippen molar-refractivity contribution in [3.8, 4) is 0 Å². The summed E-state index contributed by atoms with van der Waals surface area (Å²) >= 11 is 0. The van der Waals surface area contributed by atoms with Crippen molar-refractivity contribution in [2.45, 2.75) is 24.8 Å². The molecule has 4 heterocycles. The van der Waals surface area contributed by atoms with Gasteiger partial charge >= 0.3 is 0 Å². The van der Waals surface area contributed by atoms with Crippen LogP contribution in [0.15, 0.2) is 18.7 Å². The van der Waals surface area contributed by atoms with Gasteiger partial charge in [-0.05, 0) is 12.8 Å². The number of aryl methyl sites for hydroxylation is 1. The highest BCUT2D eigenvalue weighted by molar-refractivity contribution is 7.88. The van der Waals surface area contributed by atoms with Gasteiger partial charge in [-0.2, -0.15) is 9.40 Å². The molecule has 1 saturated heterocycles. The lowest BCUT2D eigenvalue weighted by Crippen LogP contribution is -2.58. The minimum absolute atomic E-state index is 0.0723.